The van der Waals surface area contributed by atoms with Gasteiger partial charge in [-0.2, -0.15) is 0 Å². The summed E-state index contributed by atoms with van der Waals surface area (Å²) in [4.78, 5) is 0. The number of rotatable bonds is 3. The molecule has 17 heavy (non-hydrogen) atoms. The van der Waals surface area contributed by atoms with Crippen LogP contribution in [0.2, 0.25) is 0 Å². The maximum absolute atomic E-state index is 5.97. The van der Waals surface area contributed by atoms with Crippen molar-refractivity contribution < 1.29 is 14.2 Å². The summed E-state index contributed by atoms with van der Waals surface area (Å²) in [5.41, 5.74) is 1.21. The standard InChI is InChI=1S/C14H18O3/c1-10-7-16-14-13(10)12(9-17-14)15-8-11-5-3-2-4-6-11/h2-6,10,12-14H,7-9H2,1H3/t10-,12-,13+,14-/m0/s1. The van der Waals surface area contributed by atoms with Gasteiger partial charge in [-0.05, 0) is 11.5 Å². The summed E-state index contributed by atoms with van der Waals surface area (Å²) in [5, 5.41) is 0. The molecule has 2 saturated heterocycles. The zero-order valence-electron chi connectivity index (χ0n) is 10.0. The molecule has 3 heteroatoms. The molecule has 3 rings (SSSR count). The normalized spacial score (nSPS) is 36.1. The van der Waals surface area contributed by atoms with Crippen LogP contribution in [0.5, 0.6) is 0 Å². The van der Waals surface area contributed by atoms with Crippen LogP contribution in [-0.4, -0.2) is 25.6 Å². The van der Waals surface area contributed by atoms with Crippen molar-refractivity contribution in [3.05, 3.63) is 35.9 Å². The van der Waals surface area contributed by atoms with Crippen LogP contribution < -0.4 is 0 Å². The topological polar surface area (TPSA) is 27.7 Å². The molecule has 0 aliphatic carbocycles. The van der Waals surface area contributed by atoms with Gasteiger partial charge in [0.25, 0.3) is 0 Å². The largest absolute Gasteiger partial charge is 0.371 e. The first-order valence-corrected chi connectivity index (χ1v) is 6.23. The van der Waals surface area contributed by atoms with Crippen LogP contribution in [0.4, 0.5) is 0 Å². The van der Waals surface area contributed by atoms with Crippen LogP contribution in [0.25, 0.3) is 0 Å². The summed E-state index contributed by atoms with van der Waals surface area (Å²) in [6.45, 7) is 4.32. The molecular weight excluding hydrogens is 216 g/mol. The van der Waals surface area contributed by atoms with E-state index in [2.05, 4.69) is 19.1 Å². The second kappa shape index (κ2) is 4.77. The van der Waals surface area contributed by atoms with Crippen molar-refractivity contribution in [2.24, 2.45) is 11.8 Å². The molecule has 0 unspecified atom stereocenters. The molecule has 0 N–H and O–H groups in total. The van der Waals surface area contributed by atoms with Gasteiger partial charge in [-0.3, -0.25) is 0 Å². The molecule has 4 atom stereocenters. The molecule has 92 valence electrons. The van der Waals surface area contributed by atoms with E-state index < -0.39 is 0 Å². The lowest BCUT2D eigenvalue weighted by molar-refractivity contribution is -0.0911. The predicted octanol–water partition coefficient (Wildman–Crippen LogP) is 2.21. The fourth-order valence-corrected chi connectivity index (χ4v) is 2.68. The van der Waals surface area contributed by atoms with Crippen LogP contribution >= 0.6 is 0 Å². The molecule has 1 aromatic carbocycles. The minimum atomic E-state index is -0.0363. The lowest BCUT2D eigenvalue weighted by atomic mass is 9.93. The van der Waals surface area contributed by atoms with Crippen LogP contribution in [-0.2, 0) is 20.8 Å². The smallest absolute Gasteiger partial charge is 0.163 e. The van der Waals surface area contributed by atoms with Gasteiger partial charge in [0.1, 0.15) is 0 Å². The average molecular weight is 234 g/mol. The van der Waals surface area contributed by atoms with Crippen molar-refractivity contribution in [2.75, 3.05) is 13.2 Å². The van der Waals surface area contributed by atoms with Gasteiger partial charge in [0.05, 0.1) is 25.9 Å². The quantitative estimate of drug-likeness (QED) is 0.802. The van der Waals surface area contributed by atoms with Gasteiger partial charge in [-0.1, -0.05) is 37.3 Å². The Bertz CT molecular complexity index is 365. The zero-order chi connectivity index (χ0) is 11.7. The first kappa shape index (κ1) is 11.2. The van der Waals surface area contributed by atoms with E-state index in [9.17, 15) is 0 Å². The van der Waals surface area contributed by atoms with Crippen molar-refractivity contribution >= 4 is 0 Å². The van der Waals surface area contributed by atoms with Gasteiger partial charge in [-0.15, -0.1) is 0 Å². The van der Waals surface area contributed by atoms with Gasteiger partial charge in [-0.25, -0.2) is 0 Å². The number of hydrogen-bond donors (Lipinski definition) is 0. The van der Waals surface area contributed by atoms with Crippen LogP contribution in [0, 0.1) is 11.8 Å². The number of fused-ring (bicyclic) bond motifs is 1. The van der Waals surface area contributed by atoms with Crippen molar-refractivity contribution in [3.8, 4) is 0 Å². The Labute approximate surface area is 102 Å². The van der Waals surface area contributed by atoms with Gasteiger partial charge in [0, 0.05) is 5.92 Å². The van der Waals surface area contributed by atoms with Crippen LogP contribution in [0.3, 0.4) is 0 Å². The summed E-state index contributed by atoms with van der Waals surface area (Å²) in [5.74, 6) is 0.932. The Kier molecular flexibility index (Phi) is 3.14. The number of ether oxygens (including phenoxy) is 3. The second-order valence-electron chi connectivity index (χ2n) is 4.92. The van der Waals surface area contributed by atoms with E-state index in [0.717, 1.165) is 6.61 Å². The fraction of sp³-hybridized carbons (Fsp3) is 0.571. The highest BCUT2D eigenvalue weighted by atomic mass is 16.7. The van der Waals surface area contributed by atoms with Crippen LogP contribution in [0.1, 0.15) is 12.5 Å². The molecule has 2 aliphatic heterocycles. The second-order valence-corrected chi connectivity index (χ2v) is 4.92. The maximum atomic E-state index is 5.97. The SMILES string of the molecule is C[C@H]1CO[C@H]2OC[C@H](OCc3ccccc3)[C@H]21. The van der Waals surface area contributed by atoms with E-state index in [1.807, 2.05) is 18.2 Å². The van der Waals surface area contributed by atoms with Crippen molar-refractivity contribution in [3.63, 3.8) is 0 Å². The van der Waals surface area contributed by atoms with E-state index >= 15 is 0 Å². The van der Waals surface area contributed by atoms with Gasteiger partial charge in [0.2, 0.25) is 0 Å². The fourth-order valence-electron chi connectivity index (χ4n) is 2.68. The first-order valence-electron chi connectivity index (χ1n) is 6.23. The lowest BCUT2D eigenvalue weighted by Crippen LogP contribution is -2.27. The van der Waals surface area contributed by atoms with Crippen LogP contribution in [0.15, 0.2) is 30.3 Å². The Morgan fingerprint density at radius 1 is 1.18 bits per heavy atom. The third-order valence-corrected chi connectivity index (χ3v) is 3.66. The van der Waals surface area contributed by atoms with E-state index in [-0.39, 0.29) is 12.4 Å². The summed E-state index contributed by atoms with van der Waals surface area (Å²) in [7, 11) is 0. The molecular formula is C14H18O3. The molecule has 1 aromatic rings. The summed E-state index contributed by atoms with van der Waals surface area (Å²) >= 11 is 0. The summed E-state index contributed by atoms with van der Waals surface area (Å²) in [6, 6.07) is 10.3. The third-order valence-electron chi connectivity index (χ3n) is 3.66. The third kappa shape index (κ3) is 2.23. The van der Waals surface area contributed by atoms with E-state index in [1.165, 1.54) is 5.56 Å². The molecule has 2 fully saturated rings. The monoisotopic (exact) mass is 234 g/mol. The maximum Gasteiger partial charge on any atom is 0.163 e. The van der Waals surface area contributed by atoms with E-state index in [4.69, 9.17) is 14.2 Å². The summed E-state index contributed by atoms with van der Waals surface area (Å²) < 4.78 is 17.1. The zero-order valence-corrected chi connectivity index (χ0v) is 10.0. The molecule has 0 saturated carbocycles. The van der Waals surface area contributed by atoms with E-state index in [0.29, 0.717) is 25.0 Å². The van der Waals surface area contributed by atoms with Crippen molar-refractivity contribution in [1.29, 1.82) is 0 Å². The number of benzene rings is 1. The Morgan fingerprint density at radius 2 is 1.94 bits per heavy atom. The Balaban J connectivity index is 1.59. The molecule has 0 bridgehead atoms. The molecule has 0 radical (unpaired) electrons. The molecule has 3 nitrogen and oxygen atoms in total. The molecule has 0 amide bonds. The first-order chi connectivity index (χ1) is 8.34. The Hall–Kier alpha value is -0.900. The number of hydrogen-bond acceptors (Lipinski definition) is 3. The molecule has 0 spiro atoms. The lowest BCUT2D eigenvalue weighted by Gasteiger charge is -2.19. The van der Waals surface area contributed by atoms with Crippen molar-refractivity contribution in [2.45, 2.75) is 25.9 Å². The average Bonchev–Trinajstić information content (AvgIpc) is 2.92. The van der Waals surface area contributed by atoms with Gasteiger partial charge >= 0.3 is 0 Å². The highest BCUT2D eigenvalue weighted by Crippen LogP contribution is 2.37. The van der Waals surface area contributed by atoms with Crippen molar-refractivity contribution in [1.82, 2.24) is 0 Å². The molecule has 2 heterocycles. The predicted molar refractivity (Wildman–Crippen MR) is 63.4 cm³/mol. The van der Waals surface area contributed by atoms with Gasteiger partial charge in [0.15, 0.2) is 6.29 Å². The highest BCUT2D eigenvalue weighted by molar-refractivity contribution is 5.13. The Morgan fingerprint density at radius 3 is 2.76 bits per heavy atom. The van der Waals surface area contributed by atoms with Gasteiger partial charge < -0.3 is 14.2 Å². The highest BCUT2D eigenvalue weighted by Gasteiger charge is 2.46. The summed E-state index contributed by atoms with van der Waals surface area (Å²) in [6.07, 6.45) is 0.142. The minimum Gasteiger partial charge on any atom is -0.371 e. The molecule has 2 aliphatic rings. The van der Waals surface area contributed by atoms with E-state index in [1.54, 1.807) is 0 Å². The molecule has 0 aromatic heterocycles. The minimum absolute atomic E-state index is 0.0363.